The number of carbonyl (C=O) groups is 3. The van der Waals surface area contributed by atoms with Crippen LogP contribution in [0.2, 0.25) is 0 Å². The van der Waals surface area contributed by atoms with Gasteiger partial charge in [0.05, 0.1) is 5.75 Å². The molecule has 0 fully saturated rings. The van der Waals surface area contributed by atoms with Gasteiger partial charge in [-0.1, -0.05) is 24.3 Å². The average molecular weight is 361 g/mol. The average Bonchev–Trinajstić information content (AvgIpc) is 2.59. The van der Waals surface area contributed by atoms with Crippen molar-refractivity contribution < 1.29 is 23.5 Å². The van der Waals surface area contributed by atoms with Crippen LogP contribution >= 0.6 is 11.8 Å². The number of hydrogen-bond donors (Lipinski definition) is 1. The van der Waals surface area contributed by atoms with Crippen molar-refractivity contribution >= 4 is 35.1 Å². The summed E-state index contributed by atoms with van der Waals surface area (Å²) in [7, 11) is 0. The maximum absolute atomic E-state index is 13.4. The Labute approximate surface area is 148 Å². The van der Waals surface area contributed by atoms with Crippen LogP contribution in [0, 0.1) is 5.82 Å². The molecule has 0 bridgehead atoms. The van der Waals surface area contributed by atoms with E-state index in [0.29, 0.717) is 16.1 Å². The van der Waals surface area contributed by atoms with E-state index in [1.54, 1.807) is 36.4 Å². The van der Waals surface area contributed by atoms with E-state index in [-0.39, 0.29) is 11.5 Å². The molecular formula is C18H16FNO4S. The molecule has 0 unspecified atom stereocenters. The van der Waals surface area contributed by atoms with Gasteiger partial charge < -0.3 is 10.1 Å². The van der Waals surface area contributed by atoms with Crippen LogP contribution in [-0.4, -0.2) is 30.0 Å². The largest absolute Gasteiger partial charge is 0.455 e. The van der Waals surface area contributed by atoms with Crippen LogP contribution in [0.25, 0.3) is 0 Å². The van der Waals surface area contributed by atoms with Crippen molar-refractivity contribution in [1.82, 2.24) is 0 Å². The number of rotatable bonds is 7. The molecule has 130 valence electrons. The molecule has 0 saturated carbocycles. The van der Waals surface area contributed by atoms with E-state index in [4.69, 9.17) is 4.74 Å². The lowest BCUT2D eigenvalue weighted by molar-refractivity contribution is -0.144. The van der Waals surface area contributed by atoms with Crippen LogP contribution < -0.4 is 5.32 Å². The van der Waals surface area contributed by atoms with Crippen LogP contribution in [0.3, 0.4) is 0 Å². The topological polar surface area (TPSA) is 72.5 Å². The van der Waals surface area contributed by atoms with E-state index in [1.807, 2.05) is 0 Å². The van der Waals surface area contributed by atoms with E-state index in [1.165, 1.54) is 19.1 Å². The highest BCUT2D eigenvalue weighted by Gasteiger charge is 2.11. The summed E-state index contributed by atoms with van der Waals surface area (Å²) in [6.45, 7) is 0.969. The third kappa shape index (κ3) is 6.04. The Balaban J connectivity index is 1.78. The SMILES string of the molecule is CC(=O)c1cccc(NC(=O)COC(=O)CSc2ccccc2F)c1. The van der Waals surface area contributed by atoms with Crippen LogP contribution in [0.5, 0.6) is 0 Å². The Morgan fingerprint density at radius 3 is 2.60 bits per heavy atom. The summed E-state index contributed by atoms with van der Waals surface area (Å²) in [5, 5.41) is 2.54. The Bertz CT molecular complexity index is 794. The Hall–Kier alpha value is -2.67. The van der Waals surface area contributed by atoms with Gasteiger partial charge in [0.15, 0.2) is 12.4 Å². The van der Waals surface area contributed by atoms with Crippen molar-refractivity contribution in [3.05, 3.63) is 59.9 Å². The summed E-state index contributed by atoms with van der Waals surface area (Å²) >= 11 is 0.997. The first-order chi connectivity index (χ1) is 12.0. The molecule has 0 atom stereocenters. The fourth-order valence-electron chi connectivity index (χ4n) is 1.90. The number of benzene rings is 2. The fourth-order valence-corrected chi connectivity index (χ4v) is 2.64. The number of amides is 1. The van der Waals surface area contributed by atoms with Crippen molar-refractivity contribution in [1.29, 1.82) is 0 Å². The lowest BCUT2D eigenvalue weighted by atomic mass is 10.1. The smallest absolute Gasteiger partial charge is 0.316 e. The number of nitrogens with one attached hydrogen (secondary N) is 1. The minimum atomic E-state index is -0.624. The normalized spacial score (nSPS) is 10.2. The number of anilines is 1. The van der Waals surface area contributed by atoms with Gasteiger partial charge >= 0.3 is 5.97 Å². The zero-order chi connectivity index (χ0) is 18.2. The second kappa shape index (κ2) is 8.98. The van der Waals surface area contributed by atoms with E-state index < -0.39 is 24.3 Å². The highest BCUT2D eigenvalue weighted by atomic mass is 32.2. The molecule has 0 aliphatic heterocycles. The predicted octanol–water partition coefficient (Wildman–Crippen LogP) is 3.30. The number of thioether (sulfide) groups is 1. The first kappa shape index (κ1) is 18.7. The summed E-state index contributed by atoms with van der Waals surface area (Å²) in [5.74, 6) is -1.78. The van der Waals surface area contributed by atoms with Crippen LogP contribution in [0.15, 0.2) is 53.4 Å². The van der Waals surface area contributed by atoms with Crippen molar-refractivity contribution in [3.8, 4) is 0 Å². The van der Waals surface area contributed by atoms with E-state index >= 15 is 0 Å². The zero-order valence-corrected chi connectivity index (χ0v) is 14.3. The van der Waals surface area contributed by atoms with Crippen LogP contribution in [-0.2, 0) is 14.3 Å². The minimum absolute atomic E-state index is 0.103. The van der Waals surface area contributed by atoms with E-state index in [9.17, 15) is 18.8 Å². The maximum Gasteiger partial charge on any atom is 0.316 e. The number of esters is 1. The molecule has 1 amide bonds. The van der Waals surface area contributed by atoms with Crippen molar-refractivity contribution in [2.24, 2.45) is 0 Å². The molecule has 5 nitrogen and oxygen atoms in total. The number of halogens is 1. The molecular weight excluding hydrogens is 345 g/mol. The van der Waals surface area contributed by atoms with Crippen LogP contribution in [0.1, 0.15) is 17.3 Å². The van der Waals surface area contributed by atoms with Gasteiger partial charge in [-0.15, -0.1) is 11.8 Å². The molecule has 0 aromatic heterocycles. The Morgan fingerprint density at radius 1 is 1.12 bits per heavy atom. The molecule has 1 N–H and O–H groups in total. The summed E-state index contributed by atoms with van der Waals surface area (Å²) in [6.07, 6.45) is 0. The van der Waals surface area contributed by atoms with E-state index in [0.717, 1.165) is 11.8 Å². The highest BCUT2D eigenvalue weighted by Crippen LogP contribution is 2.21. The highest BCUT2D eigenvalue weighted by molar-refractivity contribution is 8.00. The number of hydrogen-bond acceptors (Lipinski definition) is 5. The molecule has 0 aliphatic carbocycles. The van der Waals surface area contributed by atoms with Gasteiger partial charge in [-0.25, -0.2) is 4.39 Å². The maximum atomic E-state index is 13.4. The molecule has 2 aromatic carbocycles. The van der Waals surface area contributed by atoms with Gasteiger partial charge in [0.2, 0.25) is 0 Å². The van der Waals surface area contributed by atoms with Gasteiger partial charge in [0.1, 0.15) is 5.82 Å². The summed E-state index contributed by atoms with van der Waals surface area (Å²) in [6, 6.07) is 12.5. The molecule has 7 heteroatoms. The van der Waals surface area contributed by atoms with Crippen molar-refractivity contribution in [3.63, 3.8) is 0 Å². The molecule has 2 aromatic rings. The summed E-state index contributed by atoms with van der Waals surface area (Å²) in [4.78, 5) is 35.1. The molecule has 2 rings (SSSR count). The van der Waals surface area contributed by atoms with Gasteiger partial charge in [0.25, 0.3) is 5.91 Å². The first-order valence-electron chi connectivity index (χ1n) is 7.39. The van der Waals surface area contributed by atoms with Crippen molar-refractivity contribution in [2.75, 3.05) is 17.7 Å². The number of carbonyl (C=O) groups excluding carboxylic acids is 3. The van der Waals surface area contributed by atoms with E-state index in [2.05, 4.69) is 5.32 Å². The molecule has 0 heterocycles. The lowest BCUT2D eigenvalue weighted by Crippen LogP contribution is -2.21. The second-order valence-electron chi connectivity index (χ2n) is 5.06. The monoisotopic (exact) mass is 361 g/mol. The molecule has 0 spiro atoms. The van der Waals surface area contributed by atoms with Gasteiger partial charge in [-0.3, -0.25) is 14.4 Å². The molecule has 0 saturated heterocycles. The number of ether oxygens (including phenoxy) is 1. The molecule has 0 radical (unpaired) electrons. The lowest BCUT2D eigenvalue weighted by Gasteiger charge is -2.07. The predicted molar refractivity (Wildman–Crippen MR) is 93.2 cm³/mol. The third-order valence-corrected chi connectivity index (χ3v) is 4.12. The fraction of sp³-hybridized carbons (Fsp3) is 0.167. The second-order valence-corrected chi connectivity index (χ2v) is 6.08. The summed E-state index contributed by atoms with van der Waals surface area (Å²) < 4.78 is 18.3. The Kier molecular flexibility index (Phi) is 6.71. The minimum Gasteiger partial charge on any atom is -0.455 e. The van der Waals surface area contributed by atoms with Crippen LogP contribution in [0.4, 0.5) is 10.1 Å². The standard InChI is InChI=1S/C18H16FNO4S/c1-12(21)13-5-4-6-14(9-13)20-17(22)10-24-18(23)11-25-16-8-3-2-7-15(16)19/h2-9H,10-11H2,1H3,(H,20,22). The van der Waals surface area contributed by atoms with Gasteiger partial charge in [-0.2, -0.15) is 0 Å². The van der Waals surface area contributed by atoms with Crippen molar-refractivity contribution in [2.45, 2.75) is 11.8 Å². The Morgan fingerprint density at radius 2 is 1.88 bits per heavy atom. The van der Waals surface area contributed by atoms with Gasteiger partial charge in [-0.05, 0) is 31.2 Å². The van der Waals surface area contributed by atoms with Gasteiger partial charge in [0, 0.05) is 16.1 Å². The number of ketones is 1. The molecule has 25 heavy (non-hydrogen) atoms. The summed E-state index contributed by atoms with van der Waals surface area (Å²) in [5.41, 5.74) is 0.908. The zero-order valence-electron chi connectivity index (χ0n) is 13.5. The third-order valence-electron chi connectivity index (χ3n) is 3.10. The molecule has 0 aliphatic rings. The number of Topliss-reactive ketones (excluding diaryl/α,β-unsaturated/α-hetero) is 1. The first-order valence-corrected chi connectivity index (χ1v) is 8.38. The quantitative estimate of drug-likeness (QED) is 0.465.